The fourth-order valence-electron chi connectivity index (χ4n) is 1.96. The first-order chi connectivity index (χ1) is 8.69. The quantitative estimate of drug-likeness (QED) is 0.431. The summed E-state index contributed by atoms with van der Waals surface area (Å²) in [5.41, 5.74) is 0.638. The van der Waals surface area contributed by atoms with Gasteiger partial charge in [0.05, 0.1) is 13.7 Å². The third kappa shape index (κ3) is 4.49. The summed E-state index contributed by atoms with van der Waals surface area (Å²) in [6, 6.07) is 0. The highest BCUT2D eigenvalue weighted by molar-refractivity contribution is 5.88. The van der Waals surface area contributed by atoms with Crippen molar-refractivity contribution < 1.29 is 14.3 Å². The van der Waals surface area contributed by atoms with E-state index in [0.717, 1.165) is 25.9 Å². The molecule has 1 aliphatic heterocycles. The van der Waals surface area contributed by atoms with Crippen molar-refractivity contribution in [3.8, 4) is 0 Å². The van der Waals surface area contributed by atoms with Crippen LogP contribution in [0.25, 0.3) is 0 Å². The Bertz CT molecular complexity index is 320. The minimum Gasteiger partial charge on any atom is -0.466 e. The number of methoxy groups -OCH3 is 1. The molecule has 1 aliphatic rings. The Hall–Kier alpha value is -1.36. The Kier molecular flexibility index (Phi) is 6.43. The number of hydrogen-bond acceptors (Lipinski definition) is 4. The van der Waals surface area contributed by atoms with E-state index in [4.69, 9.17) is 0 Å². The molecular formula is C13H22N2O3. The molecule has 5 heteroatoms. The molecule has 1 rings (SSSR count). The highest BCUT2D eigenvalue weighted by Crippen LogP contribution is 2.06. The van der Waals surface area contributed by atoms with E-state index in [1.807, 2.05) is 11.8 Å². The van der Waals surface area contributed by atoms with E-state index in [1.54, 1.807) is 6.08 Å². The van der Waals surface area contributed by atoms with Crippen molar-refractivity contribution in [2.24, 2.45) is 0 Å². The van der Waals surface area contributed by atoms with Crippen molar-refractivity contribution in [1.29, 1.82) is 0 Å². The summed E-state index contributed by atoms with van der Waals surface area (Å²) in [6.45, 7) is 4.49. The summed E-state index contributed by atoms with van der Waals surface area (Å²) in [6.07, 6.45) is 4.62. The molecule has 1 heterocycles. The zero-order valence-electron chi connectivity index (χ0n) is 11.2. The smallest absolute Gasteiger partial charge is 0.333 e. The molecule has 0 aromatic rings. The molecule has 0 aromatic heterocycles. The first-order valence-corrected chi connectivity index (χ1v) is 6.44. The summed E-state index contributed by atoms with van der Waals surface area (Å²) in [4.78, 5) is 24.9. The molecule has 0 aromatic carbocycles. The number of rotatable bonds is 6. The van der Waals surface area contributed by atoms with Gasteiger partial charge < -0.3 is 15.0 Å². The van der Waals surface area contributed by atoms with Crippen molar-refractivity contribution in [3.05, 3.63) is 11.6 Å². The normalized spacial score (nSPS) is 15.9. The van der Waals surface area contributed by atoms with Gasteiger partial charge in [-0.1, -0.05) is 13.0 Å². The largest absolute Gasteiger partial charge is 0.466 e. The molecule has 0 saturated carbocycles. The number of nitrogens with zero attached hydrogens (tertiary/aromatic N) is 1. The number of amides is 1. The Labute approximate surface area is 108 Å². The van der Waals surface area contributed by atoms with Crippen LogP contribution in [0.15, 0.2) is 11.6 Å². The maximum atomic E-state index is 11.7. The predicted molar refractivity (Wildman–Crippen MR) is 69.1 cm³/mol. The maximum absolute atomic E-state index is 11.7. The zero-order chi connectivity index (χ0) is 13.4. The third-order valence-electron chi connectivity index (χ3n) is 3.06. The second-order valence-electron chi connectivity index (χ2n) is 4.29. The molecule has 102 valence electrons. The lowest BCUT2D eigenvalue weighted by molar-refractivity contribution is -0.136. The van der Waals surface area contributed by atoms with Crippen LogP contribution in [0, 0.1) is 0 Å². The van der Waals surface area contributed by atoms with E-state index in [0.29, 0.717) is 25.1 Å². The van der Waals surface area contributed by atoms with Gasteiger partial charge in [-0.3, -0.25) is 4.79 Å². The molecule has 18 heavy (non-hydrogen) atoms. The summed E-state index contributed by atoms with van der Waals surface area (Å²) in [5, 5.41) is 3.03. The van der Waals surface area contributed by atoms with Crippen molar-refractivity contribution in [1.82, 2.24) is 10.2 Å². The lowest BCUT2D eigenvalue weighted by Crippen LogP contribution is -2.36. The van der Waals surface area contributed by atoms with E-state index in [2.05, 4.69) is 10.1 Å². The number of hydrogen-bond donors (Lipinski definition) is 1. The van der Waals surface area contributed by atoms with E-state index >= 15 is 0 Å². The predicted octanol–water partition coefficient (Wildman–Crippen LogP) is 0.708. The van der Waals surface area contributed by atoms with Gasteiger partial charge in [0.2, 0.25) is 5.91 Å². The van der Waals surface area contributed by atoms with E-state index in [1.165, 1.54) is 7.11 Å². The first kappa shape index (κ1) is 14.7. The van der Waals surface area contributed by atoms with Crippen LogP contribution in [0.3, 0.4) is 0 Å². The van der Waals surface area contributed by atoms with Crippen LogP contribution in [-0.4, -0.2) is 50.1 Å². The molecule has 1 saturated heterocycles. The topological polar surface area (TPSA) is 58.6 Å². The van der Waals surface area contributed by atoms with Gasteiger partial charge in [0, 0.05) is 25.2 Å². The molecule has 5 nitrogen and oxygen atoms in total. The number of nitrogens with one attached hydrogen (secondary N) is 1. The summed E-state index contributed by atoms with van der Waals surface area (Å²) in [7, 11) is 1.37. The zero-order valence-corrected chi connectivity index (χ0v) is 11.2. The first-order valence-electron chi connectivity index (χ1n) is 6.44. The van der Waals surface area contributed by atoms with Crippen LogP contribution in [0.2, 0.25) is 0 Å². The molecule has 0 unspecified atom stereocenters. The van der Waals surface area contributed by atoms with E-state index < -0.39 is 0 Å². The van der Waals surface area contributed by atoms with Crippen molar-refractivity contribution >= 4 is 11.9 Å². The second-order valence-corrected chi connectivity index (χ2v) is 4.29. The maximum Gasteiger partial charge on any atom is 0.333 e. The molecule has 0 bridgehead atoms. The standard InChI is InChI=1S/C13H22N2O3/c1-3-11(13(17)18-2)6-7-14-10-12(16)15-8-4-5-9-15/h6,14H,3-5,7-10H2,1-2H3. The summed E-state index contributed by atoms with van der Waals surface area (Å²) in [5.74, 6) is -0.165. The highest BCUT2D eigenvalue weighted by atomic mass is 16.5. The molecule has 0 aliphatic carbocycles. The van der Waals surface area contributed by atoms with Crippen molar-refractivity contribution in [3.63, 3.8) is 0 Å². The fraction of sp³-hybridized carbons (Fsp3) is 0.692. The molecule has 1 N–H and O–H groups in total. The molecule has 0 radical (unpaired) electrons. The van der Waals surface area contributed by atoms with Crippen LogP contribution in [0.1, 0.15) is 26.2 Å². The van der Waals surface area contributed by atoms with Gasteiger partial charge in [-0.2, -0.15) is 0 Å². The second kappa shape index (κ2) is 7.87. The lowest BCUT2D eigenvalue weighted by atomic mass is 10.2. The number of carbonyl (C=O) groups excluding carboxylic acids is 2. The minimum absolute atomic E-state index is 0.136. The lowest BCUT2D eigenvalue weighted by Gasteiger charge is -2.15. The SMILES string of the molecule is CCC(=CCNCC(=O)N1CCCC1)C(=O)OC. The van der Waals surface area contributed by atoms with Gasteiger partial charge in [0.15, 0.2) is 0 Å². The van der Waals surface area contributed by atoms with Crippen LogP contribution in [0.4, 0.5) is 0 Å². The van der Waals surface area contributed by atoms with Gasteiger partial charge in [-0.05, 0) is 19.3 Å². The summed E-state index contributed by atoms with van der Waals surface area (Å²) >= 11 is 0. The Morgan fingerprint density at radius 3 is 2.56 bits per heavy atom. The number of ether oxygens (including phenoxy) is 1. The fourth-order valence-corrected chi connectivity index (χ4v) is 1.96. The highest BCUT2D eigenvalue weighted by Gasteiger charge is 2.16. The summed E-state index contributed by atoms with van der Waals surface area (Å²) < 4.78 is 4.65. The van der Waals surface area contributed by atoms with Gasteiger partial charge >= 0.3 is 5.97 Å². The number of esters is 1. The molecule has 1 amide bonds. The molecular weight excluding hydrogens is 232 g/mol. The Balaban J connectivity index is 2.26. The number of likely N-dealkylation sites (tertiary alicyclic amines) is 1. The van der Waals surface area contributed by atoms with Crippen molar-refractivity contribution in [2.45, 2.75) is 26.2 Å². The van der Waals surface area contributed by atoms with Crippen LogP contribution >= 0.6 is 0 Å². The number of carbonyl (C=O) groups is 2. The minimum atomic E-state index is -0.301. The Morgan fingerprint density at radius 2 is 2.00 bits per heavy atom. The van der Waals surface area contributed by atoms with Crippen LogP contribution in [-0.2, 0) is 14.3 Å². The third-order valence-corrected chi connectivity index (χ3v) is 3.06. The molecule has 0 spiro atoms. The van der Waals surface area contributed by atoms with Gasteiger partial charge in [-0.25, -0.2) is 4.79 Å². The van der Waals surface area contributed by atoms with Crippen LogP contribution in [0.5, 0.6) is 0 Å². The van der Waals surface area contributed by atoms with E-state index in [-0.39, 0.29) is 11.9 Å². The van der Waals surface area contributed by atoms with Gasteiger partial charge in [-0.15, -0.1) is 0 Å². The van der Waals surface area contributed by atoms with Crippen LogP contribution < -0.4 is 5.32 Å². The van der Waals surface area contributed by atoms with E-state index in [9.17, 15) is 9.59 Å². The average Bonchev–Trinajstić information content (AvgIpc) is 2.91. The average molecular weight is 254 g/mol. The van der Waals surface area contributed by atoms with Gasteiger partial charge in [0.25, 0.3) is 0 Å². The molecule has 1 fully saturated rings. The Morgan fingerprint density at radius 1 is 1.33 bits per heavy atom. The molecule has 0 atom stereocenters. The monoisotopic (exact) mass is 254 g/mol. The van der Waals surface area contributed by atoms with Crippen molar-refractivity contribution in [2.75, 3.05) is 33.3 Å². The van der Waals surface area contributed by atoms with Gasteiger partial charge in [0.1, 0.15) is 0 Å².